The van der Waals surface area contributed by atoms with E-state index in [0.717, 1.165) is 45.6 Å². The zero-order chi connectivity index (χ0) is 45.8. The molecule has 0 aromatic carbocycles. The summed E-state index contributed by atoms with van der Waals surface area (Å²) in [6, 6.07) is 45.8. The molecular formula is C48H32I6MnN12. The van der Waals surface area contributed by atoms with E-state index >= 15 is 0 Å². The second-order valence-corrected chi connectivity index (χ2v) is 45.6. The Morgan fingerprint density at radius 1 is 0.224 bits per heavy atom. The first-order valence-electron chi connectivity index (χ1n) is 19.5. The summed E-state index contributed by atoms with van der Waals surface area (Å²) in [7, 11) is 0. The first-order valence-corrected chi connectivity index (χ1v) is 44.7. The van der Waals surface area contributed by atoms with E-state index in [1.807, 2.05) is 146 Å². The van der Waals surface area contributed by atoms with Gasteiger partial charge in [-0.15, -0.1) is 0 Å². The van der Waals surface area contributed by atoms with Crippen molar-refractivity contribution in [1.29, 1.82) is 0 Å². The summed E-state index contributed by atoms with van der Waals surface area (Å²) in [5, 5.41) is 0. The van der Waals surface area contributed by atoms with Crippen LogP contribution >= 0.6 is 74.5 Å². The molecule has 12 nitrogen and oxygen atoms in total. The molecule has 0 atom stereocenters. The van der Waals surface area contributed by atoms with Crippen LogP contribution in [0.2, 0.25) is 0 Å². The van der Waals surface area contributed by atoms with E-state index < -0.39 is 0 Å². The van der Waals surface area contributed by atoms with Gasteiger partial charge in [-0.2, -0.15) is 0 Å². The van der Waals surface area contributed by atoms with Crippen LogP contribution in [0.3, 0.4) is 0 Å². The summed E-state index contributed by atoms with van der Waals surface area (Å²) in [6.07, 6.45) is 13.9. The molecule has 0 spiro atoms. The minimum absolute atomic E-state index is 0. The number of hydrogen-bond donors (Lipinski definition) is 0. The molecule has 10 heterocycles. The Morgan fingerprint density at radius 2 is 0.343 bits per heavy atom. The third-order valence-electron chi connectivity index (χ3n) is 9.05. The minimum atomic E-state index is 0. The first kappa shape index (κ1) is 52.6. The van der Waals surface area contributed by atoms with Crippen LogP contribution in [0.25, 0.3) is 91.1 Å². The van der Waals surface area contributed by atoms with E-state index in [-0.39, 0.29) is 17.1 Å². The Kier molecular flexibility index (Phi) is 22.5. The molecule has 0 fully saturated rings. The third-order valence-corrected chi connectivity index (χ3v) is 9.05. The van der Waals surface area contributed by atoms with Gasteiger partial charge in [0.15, 0.2) is 0 Å². The molecule has 333 valence electrons. The van der Waals surface area contributed by atoms with Gasteiger partial charge >= 0.3 is 118 Å². The van der Waals surface area contributed by atoms with Crippen LogP contribution in [0.1, 0.15) is 0 Å². The van der Waals surface area contributed by atoms with Gasteiger partial charge in [0, 0.05) is 49.6 Å². The van der Waals surface area contributed by atoms with Crippen molar-refractivity contribution in [3.05, 3.63) is 195 Å². The van der Waals surface area contributed by atoms with Crippen LogP contribution in [-0.2, 0) is 17.1 Å². The molecule has 0 saturated carbocycles. The molecule has 10 aromatic heterocycles. The molecule has 67 heavy (non-hydrogen) atoms. The summed E-state index contributed by atoms with van der Waals surface area (Å²) < 4.78 is 0. The minimum Gasteiger partial charge on any atom is -0.255 e. The Hall–Kier alpha value is -3.74. The molecule has 0 N–H and O–H groups in total. The number of nitrogens with zero attached hydrogens (tertiary/aromatic N) is 12. The average molecular weight is 1590 g/mol. The van der Waals surface area contributed by atoms with Crippen LogP contribution in [-0.4, -0.2) is 59.8 Å². The maximum absolute atomic E-state index is 5.00. The molecule has 0 bridgehead atoms. The third kappa shape index (κ3) is 14.6. The van der Waals surface area contributed by atoms with Crippen LogP contribution in [0.15, 0.2) is 195 Å². The molecule has 0 aliphatic carbocycles. The molecular weight excluding hydrogens is 1560 g/mol. The van der Waals surface area contributed by atoms with Crippen molar-refractivity contribution in [2.75, 3.05) is 0 Å². The second kappa shape index (κ2) is 28.7. The molecule has 19 heteroatoms. The number of aromatic nitrogens is 12. The average Bonchev–Trinajstić information content (AvgIpc) is 3.40. The number of rotatable bonds is 8. The maximum Gasteiger partial charge on any atom is 2.00 e. The molecule has 0 aliphatic rings. The van der Waals surface area contributed by atoms with Crippen molar-refractivity contribution in [2.24, 2.45) is 0 Å². The number of pyridine rings is 8. The SMILES string of the molecule is I[I-]I.I[I-]I.[Mn+2].c1ccc(-c2nc(-c3ccccn3)c(-c3ccccn3)nc2-c2ccccn2)nc1.c1ccc(-c2nc(-c3ccccn3)c(-c3ccccn3)nc2-c2ccccn2)nc1. The zero-order valence-corrected chi connectivity index (χ0v) is 48.6. The topological polar surface area (TPSA) is 155 Å². The van der Waals surface area contributed by atoms with Gasteiger partial charge in [0.25, 0.3) is 0 Å². The summed E-state index contributed by atoms with van der Waals surface area (Å²) in [4.78, 5) is 56.0. The van der Waals surface area contributed by atoms with Gasteiger partial charge in [-0.25, -0.2) is 19.9 Å². The fourth-order valence-corrected chi connectivity index (χ4v) is 6.32. The molecule has 0 unspecified atom stereocenters. The van der Waals surface area contributed by atoms with Gasteiger partial charge in [-0.3, -0.25) is 39.9 Å². The van der Waals surface area contributed by atoms with E-state index in [4.69, 9.17) is 19.9 Å². The van der Waals surface area contributed by atoms with Gasteiger partial charge in [0.05, 0.1) is 45.6 Å². The van der Waals surface area contributed by atoms with Crippen LogP contribution in [0.5, 0.6) is 0 Å². The van der Waals surface area contributed by atoms with Gasteiger partial charge in [0.1, 0.15) is 45.6 Å². The van der Waals surface area contributed by atoms with E-state index in [1.54, 1.807) is 49.6 Å². The van der Waals surface area contributed by atoms with Gasteiger partial charge in [-0.1, -0.05) is 48.5 Å². The molecule has 10 aromatic rings. The van der Waals surface area contributed by atoms with Crippen molar-refractivity contribution >= 4 is 74.5 Å². The quantitative estimate of drug-likeness (QED) is 0.114. The van der Waals surface area contributed by atoms with Gasteiger partial charge in [0.2, 0.25) is 0 Å². The van der Waals surface area contributed by atoms with Gasteiger partial charge in [-0.05, 0) is 97.1 Å². The van der Waals surface area contributed by atoms with E-state index in [2.05, 4.69) is 114 Å². The molecule has 10 rings (SSSR count). The van der Waals surface area contributed by atoms with Crippen molar-refractivity contribution < 1.29 is 43.6 Å². The zero-order valence-electron chi connectivity index (χ0n) is 34.5. The van der Waals surface area contributed by atoms with Crippen molar-refractivity contribution in [1.82, 2.24) is 59.8 Å². The van der Waals surface area contributed by atoms with Crippen LogP contribution in [0.4, 0.5) is 0 Å². The summed E-state index contributed by atoms with van der Waals surface area (Å²) >= 11 is 10.6. The summed E-state index contributed by atoms with van der Waals surface area (Å²) in [5.41, 5.74) is 10.9. The monoisotopic (exact) mass is 1590 g/mol. The van der Waals surface area contributed by atoms with Crippen LogP contribution < -0.4 is 26.5 Å². The first-order chi connectivity index (χ1) is 32.6. The normalized spacial score (nSPS) is 10.2. The predicted molar refractivity (Wildman–Crippen MR) is 286 cm³/mol. The van der Waals surface area contributed by atoms with Crippen LogP contribution in [0, 0.1) is 0 Å². The summed E-state index contributed by atoms with van der Waals surface area (Å²) in [6.45, 7) is 0. The number of hydrogen-bond acceptors (Lipinski definition) is 12. The largest absolute Gasteiger partial charge is 2.00 e. The Bertz CT molecular complexity index is 2400. The van der Waals surface area contributed by atoms with Gasteiger partial charge < -0.3 is 0 Å². The molecule has 0 aliphatic heterocycles. The smallest absolute Gasteiger partial charge is 0.255 e. The van der Waals surface area contributed by atoms with E-state index in [0.29, 0.717) is 72.1 Å². The fraction of sp³-hybridized carbons (Fsp3) is 0. The second-order valence-electron chi connectivity index (χ2n) is 13.1. The summed E-state index contributed by atoms with van der Waals surface area (Å²) in [5.74, 6) is 0. The fourth-order valence-electron chi connectivity index (χ4n) is 6.32. The Balaban J connectivity index is 0.000000195. The Morgan fingerprint density at radius 3 is 0.433 bits per heavy atom. The molecule has 1 radical (unpaired) electrons. The maximum atomic E-state index is 5.00. The van der Waals surface area contributed by atoms with Crippen molar-refractivity contribution in [3.63, 3.8) is 0 Å². The van der Waals surface area contributed by atoms with Crippen molar-refractivity contribution in [3.8, 4) is 91.1 Å². The molecule has 0 amide bonds. The molecule has 0 saturated heterocycles. The standard InChI is InChI=1S/2C24H16N6.2I3.Mn/c2*1-5-13-25-17(9-1)21-22(18-10-2-6-14-26-18)30-24(20-12-4-8-16-28-20)23(29-21)19-11-3-7-15-27-19;2*1-3-2;/h2*1-16H;;;/q;;2*-1;+2. The Labute approximate surface area is 457 Å². The van der Waals surface area contributed by atoms with E-state index in [9.17, 15) is 0 Å². The number of halogens is 6. The predicted octanol–water partition coefficient (Wildman–Crippen LogP) is 7.00. The van der Waals surface area contributed by atoms with E-state index in [1.165, 1.54) is 0 Å². The van der Waals surface area contributed by atoms with Crippen molar-refractivity contribution in [2.45, 2.75) is 0 Å².